The average Bonchev–Trinajstić information content (AvgIpc) is 2.05. The third-order valence-electron chi connectivity index (χ3n) is 2.30. The molecule has 7 heteroatoms. The van der Waals surface area contributed by atoms with Crippen molar-refractivity contribution in [1.82, 2.24) is 0 Å². The van der Waals surface area contributed by atoms with Gasteiger partial charge in [-0.25, -0.2) is 0 Å². The third kappa shape index (κ3) is 11.6. The minimum absolute atomic E-state index is 0.211. The molecule has 0 aliphatic carbocycles. The molecule has 0 fully saturated rings. The molecule has 0 aromatic heterocycles. The highest BCUT2D eigenvalue weighted by molar-refractivity contribution is 6.87. The monoisotopic (exact) mass is 322 g/mol. The molecule has 0 heterocycles. The van der Waals surface area contributed by atoms with E-state index in [1.165, 1.54) is 6.92 Å². The van der Waals surface area contributed by atoms with Crippen molar-refractivity contribution in [1.29, 1.82) is 0 Å². The van der Waals surface area contributed by atoms with Crippen molar-refractivity contribution in [2.24, 2.45) is 0 Å². The van der Waals surface area contributed by atoms with Crippen LogP contribution in [-0.4, -0.2) is 37.8 Å². The Bertz CT molecular complexity index is 298. The van der Waals surface area contributed by atoms with E-state index in [4.69, 9.17) is 13.0 Å². The third-order valence-corrected chi connectivity index (χ3v) is 12.5. The van der Waals surface area contributed by atoms with Gasteiger partial charge in [-0.2, -0.15) is 0 Å². The van der Waals surface area contributed by atoms with Crippen molar-refractivity contribution < 1.29 is 17.8 Å². The van der Waals surface area contributed by atoms with E-state index in [9.17, 15) is 4.79 Å². The lowest BCUT2D eigenvalue weighted by atomic mass is 10.5. The fraction of sp³-hybridized carbons (Fsp3) is 0.917. The second kappa shape index (κ2) is 7.16. The fourth-order valence-corrected chi connectivity index (χ4v) is 15.4. The predicted molar refractivity (Wildman–Crippen MR) is 86.5 cm³/mol. The van der Waals surface area contributed by atoms with Crippen LogP contribution in [0.5, 0.6) is 0 Å². The van der Waals surface area contributed by atoms with Crippen LogP contribution in [-0.2, 0) is 17.8 Å². The van der Waals surface area contributed by atoms with Crippen LogP contribution in [0, 0.1) is 0 Å². The van der Waals surface area contributed by atoms with Crippen LogP contribution in [0.2, 0.25) is 51.9 Å². The van der Waals surface area contributed by atoms with Gasteiger partial charge in [0.05, 0.1) is 6.61 Å². The first-order chi connectivity index (χ1) is 8.33. The van der Waals surface area contributed by atoms with Crippen molar-refractivity contribution >= 4 is 31.2 Å². The summed E-state index contributed by atoms with van der Waals surface area (Å²) in [6, 6.07) is 0.992. The minimum Gasteiger partial charge on any atom is -0.466 e. The summed E-state index contributed by atoms with van der Waals surface area (Å²) in [4.78, 5) is 10.7. The molecule has 4 nitrogen and oxygen atoms in total. The normalized spacial score (nSPS) is 13.5. The first kappa shape index (κ1) is 19.0. The Kier molecular flexibility index (Phi) is 7.18. The smallest absolute Gasteiger partial charge is 0.311 e. The molecule has 0 aromatic rings. The number of ether oxygens (including phenoxy) is 1. The quantitative estimate of drug-likeness (QED) is 0.388. The number of carbonyl (C=O) groups is 1. The highest BCUT2D eigenvalue weighted by atomic mass is 28.5. The maximum absolute atomic E-state index is 10.7. The second-order valence-corrected chi connectivity index (χ2v) is 19.6. The van der Waals surface area contributed by atoms with Gasteiger partial charge >= 0.3 is 14.5 Å². The van der Waals surface area contributed by atoms with Gasteiger partial charge < -0.3 is 13.0 Å². The zero-order valence-electron chi connectivity index (χ0n) is 13.8. The summed E-state index contributed by atoms with van der Waals surface area (Å²) in [5.74, 6) is -0.211. The van der Waals surface area contributed by atoms with E-state index in [1.54, 1.807) is 0 Å². The molecule has 0 aromatic carbocycles. The molecule has 19 heavy (non-hydrogen) atoms. The molecule has 0 unspecified atom stereocenters. The van der Waals surface area contributed by atoms with Gasteiger partial charge in [-0.15, -0.1) is 0 Å². The lowest BCUT2D eigenvalue weighted by Gasteiger charge is -2.37. The summed E-state index contributed by atoms with van der Waals surface area (Å²) in [5, 5.41) is 0. The van der Waals surface area contributed by atoms with Gasteiger partial charge in [-0.3, -0.25) is 4.79 Å². The Morgan fingerprint density at radius 3 is 1.89 bits per heavy atom. The maximum Gasteiger partial charge on any atom is 0.311 e. The first-order valence-electron chi connectivity index (χ1n) is 6.87. The molecular formula is C12H30O4Si3. The number of carbonyl (C=O) groups excluding carboxylic acids is 1. The zero-order valence-corrected chi connectivity index (χ0v) is 16.8. The number of hydrogen-bond donors (Lipinski definition) is 0. The standard InChI is InChI=1S/C12H30O4Si3/c1-12(13)14-10-9-11-18(5,6)16-19(7,8)15-17(2,3)4/h9-11H2,1-8H3. The van der Waals surface area contributed by atoms with Crippen LogP contribution in [0.4, 0.5) is 0 Å². The Balaban J connectivity index is 4.23. The zero-order chi connectivity index (χ0) is 15.3. The van der Waals surface area contributed by atoms with E-state index >= 15 is 0 Å². The van der Waals surface area contributed by atoms with Crippen LogP contribution < -0.4 is 0 Å². The Morgan fingerprint density at radius 1 is 0.947 bits per heavy atom. The average molecular weight is 323 g/mol. The molecule has 0 saturated heterocycles. The predicted octanol–water partition coefficient (Wildman–Crippen LogP) is 3.71. The SMILES string of the molecule is CC(=O)OCCC[Si](C)(C)O[Si](C)(C)O[Si](C)(C)C. The van der Waals surface area contributed by atoms with Gasteiger partial charge in [0, 0.05) is 6.92 Å². The van der Waals surface area contributed by atoms with E-state index < -0.39 is 25.2 Å². The minimum atomic E-state index is -2.04. The Labute approximate surface area is 121 Å². The van der Waals surface area contributed by atoms with Crippen LogP contribution in [0.15, 0.2) is 0 Å². The topological polar surface area (TPSA) is 44.8 Å². The van der Waals surface area contributed by atoms with Crippen LogP contribution in [0.1, 0.15) is 13.3 Å². The van der Waals surface area contributed by atoms with E-state index in [-0.39, 0.29) is 5.97 Å². The van der Waals surface area contributed by atoms with Crippen LogP contribution in [0.3, 0.4) is 0 Å². The van der Waals surface area contributed by atoms with Gasteiger partial charge in [0.25, 0.3) is 0 Å². The molecule has 0 amide bonds. The largest absolute Gasteiger partial charge is 0.466 e. The summed E-state index contributed by atoms with van der Waals surface area (Å²) in [7, 11) is -5.34. The van der Waals surface area contributed by atoms with E-state index in [0.29, 0.717) is 6.61 Å². The molecule has 0 rings (SSSR count). The number of rotatable bonds is 8. The fourth-order valence-electron chi connectivity index (χ4n) is 2.19. The highest BCUT2D eigenvalue weighted by Gasteiger charge is 2.37. The summed E-state index contributed by atoms with van der Waals surface area (Å²) in [6.07, 6.45) is 0.871. The van der Waals surface area contributed by atoms with Gasteiger partial charge in [0.1, 0.15) is 0 Å². The van der Waals surface area contributed by atoms with E-state index in [0.717, 1.165) is 12.5 Å². The van der Waals surface area contributed by atoms with Crippen LogP contribution in [0.25, 0.3) is 0 Å². The molecule has 0 bridgehead atoms. The number of hydrogen-bond acceptors (Lipinski definition) is 4. The summed E-state index contributed by atoms with van der Waals surface area (Å²) >= 11 is 0. The molecule has 0 radical (unpaired) electrons. The summed E-state index contributed by atoms with van der Waals surface area (Å²) < 4.78 is 17.5. The van der Waals surface area contributed by atoms with E-state index in [1.807, 2.05) is 0 Å². The molecule has 0 spiro atoms. The molecule has 0 saturated carbocycles. The highest BCUT2D eigenvalue weighted by Crippen LogP contribution is 2.23. The van der Waals surface area contributed by atoms with Gasteiger partial charge in [0.2, 0.25) is 0 Å². The van der Waals surface area contributed by atoms with Crippen molar-refractivity contribution in [3.63, 3.8) is 0 Å². The van der Waals surface area contributed by atoms with Gasteiger partial charge in [0.15, 0.2) is 16.6 Å². The molecular weight excluding hydrogens is 292 g/mol. The van der Waals surface area contributed by atoms with Crippen molar-refractivity contribution in [2.45, 2.75) is 65.2 Å². The molecule has 0 atom stereocenters. The lowest BCUT2D eigenvalue weighted by molar-refractivity contribution is -0.140. The molecule has 114 valence electrons. The summed E-state index contributed by atoms with van der Waals surface area (Å²) in [6.45, 7) is 17.2. The van der Waals surface area contributed by atoms with Crippen LogP contribution >= 0.6 is 0 Å². The van der Waals surface area contributed by atoms with Crippen molar-refractivity contribution in [3.8, 4) is 0 Å². The Hall–Kier alpha value is 0.0406. The van der Waals surface area contributed by atoms with E-state index in [2.05, 4.69) is 45.8 Å². The number of esters is 1. The lowest BCUT2D eigenvalue weighted by Crippen LogP contribution is -2.51. The molecule has 0 N–H and O–H groups in total. The first-order valence-corrected chi connectivity index (χ1v) is 16.2. The Morgan fingerprint density at radius 2 is 1.47 bits per heavy atom. The molecule has 0 aliphatic heterocycles. The van der Waals surface area contributed by atoms with Crippen molar-refractivity contribution in [2.75, 3.05) is 6.61 Å². The second-order valence-electron chi connectivity index (χ2n) is 6.92. The van der Waals surface area contributed by atoms with Gasteiger partial charge in [-0.05, 0) is 58.3 Å². The van der Waals surface area contributed by atoms with Gasteiger partial charge in [-0.1, -0.05) is 0 Å². The maximum atomic E-state index is 10.7. The molecule has 0 aliphatic rings. The van der Waals surface area contributed by atoms with Crippen molar-refractivity contribution in [3.05, 3.63) is 0 Å². The summed E-state index contributed by atoms with van der Waals surface area (Å²) in [5.41, 5.74) is 0.